The minimum Gasteiger partial charge on any atom is -0.486 e. The van der Waals surface area contributed by atoms with Gasteiger partial charge in [-0.1, -0.05) is 18.7 Å². The maximum Gasteiger partial charge on any atom is 0.303 e. The van der Waals surface area contributed by atoms with Crippen LogP contribution < -0.4 is 14.8 Å². The first-order valence-corrected chi connectivity index (χ1v) is 15.7. The van der Waals surface area contributed by atoms with E-state index in [1.54, 1.807) is 18.2 Å². The van der Waals surface area contributed by atoms with Gasteiger partial charge in [-0.25, -0.2) is 0 Å². The van der Waals surface area contributed by atoms with Crippen LogP contribution in [-0.2, 0) is 57.1 Å². The van der Waals surface area contributed by atoms with E-state index in [-0.39, 0.29) is 36.2 Å². The van der Waals surface area contributed by atoms with E-state index < -0.39 is 84.8 Å². The molecule has 1 saturated heterocycles. The van der Waals surface area contributed by atoms with Gasteiger partial charge in [0, 0.05) is 39.3 Å². The van der Waals surface area contributed by atoms with Crippen LogP contribution in [0.5, 0.6) is 11.5 Å². The van der Waals surface area contributed by atoms with Crippen LogP contribution in [0.25, 0.3) is 6.08 Å². The fourth-order valence-corrected chi connectivity index (χ4v) is 5.66. The summed E-state index contributed by atoms with van der Waals surface area (Å²) >= 11 is 0. The maximum absolute atomic E-state index is 13.7. The molecule has 0 aromatic heterocycles. The van der Waals surface area contributed by atoms with Gasteiger partial charge in [0.25, 0.3) is 6.29 Å². The molecular weight excluding hydrogens is 662 g/mol. The molecule has 1 amide bonds. The summed E-state index contributed by atoms with van der Waals surface area (Å²) < 4.78 is 50.6. The van der Waals surface area contributed by atoms with E-state index >= 15 is 0 Å². The van der Waals surface area contributed by atoms with Crippen LogP contribution >= 0.6 is 0 Å². The molecule has 2 N–H and O–H groups in total. The number of hydrogen-bond donors (Lipinski definition) is 2. The second-order valence-corrected chi connectivity index (χ2v) is 11.7. The summed E-state index contributed by atoms with van der Waals surface area (Å²) in [5.74, 6) is -2.76. The van der Waals surface area contributed by atoms with Crippen molar-refractivity contribution in [2.45, 2.75) is 96.6 Å². The smallest absolute Gasteiger partial charge is 0.303 e. The van der Waals surface area contributed by atoms with E-state index in [4.69, 9.17) is 42.6 Å². The van der Waals surface area contributed by atoms with Gasteiger partial charge in [0.05, 0.1) is 0 Å². The number of amides is 1. The predicted octanol–water partition coefficient (Wildman–Crippen LogP) is 1.62. The number of carbonyl (C=O) groups excluding carboxylic acids is 5. The van der Waals surface area contributed by atoms with Gasteiger partial charge in [0.1, 0.15) is 43.5 Å². The van der Waals surface area contributed by atoms with Crippen LogP contribution in [-0.4, -0.2) is 103 Å². The Hall–Kier alpha value is -4.93. The van der Waals surface area contributed by atoms with E-state index in [0.29, 0.717) is 5.56 Å². The van der Waals surface area contributed by atoms with Crippen molar-refractivity contribution >= 4 is 35.9 Å². The highest BCUT2D eigenvalue weighted by molar-refractivity contribution is 5.97. The lowest BCUT2D eigenvalue weighted by atomic mass is 9.82. The average molecular weight is 704 g/mol. The Morgan fingerprint density at radius 3 is 2.10 bits per heavy atom. The number of ether oxygens (including phenoxy) is 9. The molecule has 16 heteroatoms. The number of rotatable bonds is 13. The second kappa shape index (κ2) is 16.7. The van der Waals surface area contributed by atoms with E-state index in [1.807, 2.05) is 0 Å². The lowest BCUT2D eigenvalue weighted by Crippen LogP contribution is -2.70. The number of hydrogen-bond acceptors (Lipinski definition) is 15. The molecular formula is C34H41NO15. The van der Waals surface area contributed by atoms with Gasteiger partial charge in [-0.05, 0) is 37.6 Å². The van der Waals surface area contributed by atoms with Gasteiger partial charge in [-0.15, -0.1) is 0 Å². The van der Waals surface area contributed by atoms with Crippen molar-refractivity contribution < 1.29 is 71.7 Å². The number of benzene rings is 1. The van der Waals surface area contributed by atoms with Crippen LogP contribution in [0.15, 0.2) is 48.3 Å². The third-order valence-electron chi connectivity index (χ3n) is 7.60. The fraction of sp³-hybridized carbons (Fsp3) is 0.500. The summed E-state index contributed by atoms with van der Waals surface area (Å²) in [5, 5.41) is 12.7. The third kappa shape index (κ3) is 9.40. The molecule has 0 radical (unpaired) electrons. The zero-order valence-electron chi connectivity index (χ0n) is 28.4. The van der Waals surface area contributed by atoms with Crippen LogP contribution in [0.4, 0.5) is 0 Å². The average Bonchev–Trinajstić information content (AvgIpc) is 3.67. The summed E-state index contributed by atoms with van der Waals surface area (Å²) in [6.45, 7) is 11.3. The van der Waals surface area contributed by atoms with Gasteiger partial charge < -0.3 is 53.1 Å². The molecule has 1 aliphatic carbocycles. The number of carbonyl (C=O) groups is 5. The van der Waals surface area contributed by atoms with Crippen molar-refractivity contribution in [1.29, 1.82) is 0 Å². The van der Waals surface area contributed by atoms with Crippen molar-refractivity contribution in [1.82, 2.24) is 5.32 Å². The highest BCUT2D eigenvalue weighted by atomic mass is 16.7. The molecule has 4 rings (SSSR count). The van der Waals surface area contributed by atoms with Gasteiger partial charge >= 0.3 is 23.9 Å². The van der Waals surface area contributed by atoms with Gasteiger partial charge in [-0.3, -0.25) is 24.0 Å². The molecule has 2 aliphatic heterocycles. The minimum atomic E-state index is -1.31. The standard InChI is InChI=1S/C34H41NO15/c1-8-11-42-25-13-22(9-10-23(25)49-34-26(45-18(4)37)14-24(50-34)17(3)36)12-16(2)33(41)35-27-28(46-19(5)38)30-31(44-15-43-30)32(48-21(7)40)29(27)47-20(6)39/h8-10,12-14,17,26-32,34,36H,1,11,15H2,2-7H3,(H,35,41)/b16-12+/t17-,26-,27-,28+,29-,30-,31-,32+,34+/m0/s1. The normalized spacial score (nSPS) is 27.7. The Morgan fingerprint density at radius 2 is 1.50 bits per heavy atom. The molecule has 1 aromatic carbocycles. The quantitative estimate of drug-likeness (QED) is 0.130. The Labute approximate surface area is 288 Å². The molecule has 0 spiro atoms. The molecule has 2 heterocycles. The van der Waals surface area contributed by atoms with E-state index in [0.717, 1.165) is 6.92 Å². The molecule has 0 bridgehead atoms. The van der Waals surface area contributed by atoms with Crippen LogP contribution in [0, 0.1) is 0 Å². The zero-order chi connectivity index (χ0) is 36.7. The van der Waals surface area contributed by atoms with E-state index in [9.17, 15) is 29.1 Å². The molecule has 3 aliphatic rings. The Bertz CT molecular complexity index is 1530. The lowest BCUT2D eigenvalue weighted by molar-refractivity contribution is -0.205. The molecule has 0 unspecified atom stereocenters. The predicted molar refractivity (Wildman–Crippen MR) is 170 cm³/mol. The zero-order valence-corrected chi connectivity index (χ0v) is 28.4. The SMILES string of the molecule is C=CCOc1cc(/C=C(\C)C(=O)N[C@H]2[C@@H](OC(C)=O)[C@@H]3OCO[C@@H]3[C@H](OC(C)=O)[C@H]2OC(C)=O)ccc1O[C@@H]1OC([C@H](C)O)=C[C@@H]1OC(C)=O. The summed E-state index contributed by atoms with van der Waals surface area (Å²) in [6.07, 6.45) is -4.16. The largest absolute Gasteiger partial charge is 0.486 e. The van der Waals surface area contributed by atoms with Gasteiger partial charge in [-0.2, -0.15) is 0 Å². The Kier molecular flexibility index (Phi) is 12.6. The highest BCUT2D eigenvalue weighted by Crippen LogP contribution is 2.36. The third-order valence-corrected chi connectivity index (χ3v) is 7.60. The first-order chi connectivity index (χ1) is 23.7. The highest BCUT2D eigenvalue weighted by Gasteiger charge is 2.59. The van der Waals surface area contributed by atoms with E-state index in [1.165, 1.54) is 52.8 Å². The first-order valence-electron chi connectivity index (χ1n) is 15.7. The molecule has 16 nitrogen and oxygen atoms in total. The van der Waals surface area contributed by atoms with Crippen molar-refractivity contribution in [2.24, 2.45) is 0 Å². The van der Waals surface area contributed by atoms with Crippen molar-refractivity contribution in [2.75, 3.05) is 13.4 Å². The molecule has 2 fully saturated rings. The molecule has 1 aromatic rings. The number of esters is 4. The van der Waals surface area contributed by atoms with E-state index in [2.05, 4.69) is 11.9 Å². The fourth-order valence-electron chi connectivity index (χ4n) is 5.66. The Balaban J connectivity index is 1.61. The van der Waals surface area contributed by atoms with Crippen molar-refractivity contribution in [3.05, 3.63) is 53.8 Å². The van der Waals surface area contributed by atoms with Gasteiger partial charge in [0.15, 0.2) is 35.9 Å². The summed E-state index contributed by atoms with van der Waals surface area (Å²) in [4.78, 5) is 61.7. The molecule has 50 heavy (non-hydrogen) atoms. The Morgan fingerprint density at radius 1 is 0.900 bits per heavy atom. The monoisotopic (exact) mass is 703 g/mol. The number of aliphatic hydroxyl groups is 1. The summed E-state index contributed by atoms with van der Waals surface area (Å²) in [6, 6.07) is 3.55. The molecule has 9 atom stereocenters. The van der Waals surface area contributed by atoms with Crippen molar-refractivity contribution in [3.8, 4) is 11.5 Å². The first kappa shape index (κ1) is 37.9. The number of nitrogens with one attached hydrogen (secondary N) is 1. The summed E-state index contributed by atoms with van der Waals surface area (Å²) in [5.41, 5.74) is 0.670. The lowest BCUT2D eigenvalue weighted by Gasteiger charge is -2.45. The van der Waals surface area contributed by atoms with Crippen LogP contribution in [0.3, 0.4) is 0 Å². The molecule has 272 valence electrons. The maximum atomic E-state index is 13.7. The molecule has 1 saturated carbocycles. The van der Waals surface area contributed by atoms with Crippen LogP contribution in [0.1, 0.15) is 47.1 Å². The number of fused-ring (bicyclic) bond motifs is 1. The van der Waals surface area contributed by atoms with Gasteiger partial charge in [0.2, 0.25) is 5.91 Å². The second-order valence-electron chi connectivity index (χ2n) is 11.7. The van der Waals surface area contributed by atoms with Crippen LogP contribution in [0.2, 0.25) is 0 Å². The van der Waals surface area contributed by atoms with Crippen molar-refractivity contribution in [3.63, 3.8) is 0 Å². The topological polar surface area (TPSA) is 201 Å². The number of aliphatic hydroxyl groups excluding tert-OH is 1. The minimum absolute atomic E-state index is 0.0905. The summed E-state index contributed by atoms with van der Waals surface area (Å²) in [7, 11) is 0.